The van der Waals surface area contributed by atoms with Crippen molar-refractivity contribution >= 4 is 63.8 Å². The van der Waals surface area contributed by atoms with Gasteiger partial charge in [0.25, 0.3) is 0 Å². The minimum atomic E-state index is -0.388. The Bertz CT molecular complexity index is 2770. The number of hydrogen-bond donors (Lipinski definition) is 2. The van der Waals surface area contributed by atoms with E-state index in [1.807, 2.05) is 0 Å². The van der Waals surface area contributed by atoms with Crippen LogP contribution in [0.25, 0.3) is 21.5 Å². The molecule has 4 aromatic carbocycles. The second-order valence-corrected chi connectivity index (χ2v) is 23.9. The van der Waals surface area contributed by atoms with Gasteiger partial charge >= 0.3 is 0 Å². The average Bonchev–Trinajstić information content (AvgIpc) is 4.18. The molecule has 0 radical (unpaired) electrons. The largest absolute Gasteiger partial charge is 0.354 e. The van der Waals surface area contributed by atoms with Gasteiger partial charge in [-0.2, -0.15) is 0 Å². The highest BCUT2D eigenvalue weighted by Crippen LogP contribution is 2.45. The summed E-state index contributed by atoms with van der Waals surface area (Å²) >= 11 is 0. The van der Waals surface area contributed by atoms with Crippen LogP contribution in [0.3, 0.4) is 0 Å². The number of fused-ring (bicyclic) bond motifs is 4. The van der Waals surface area contributed by atoms with Gasteiger partial charge in [-0.15, -0.1) is 24.8 Å². The summed E-state index contributed by atoms with van der Waals surface area (Å²) in [6.45, 7) is 20.4. The third-order valence-corrected chi connectivity index (χ3v) is 18.3. The first-order chi connectivity index (χ1) is 34.9. The fourth-order valence-electron chi connectivity index (χ4n) is 14.5. The summed E-state index contributed by atoms with van der Waals surface area (Å²) in [4.78, 5) is 47.3. The van der Waals surface area contributed by atoms with E-state index in [0.29, 0.717) is 17.6 Å². The molecular formula is C61H78Cl2N10O. The number of hydrogen-bond acceptors (Lipinski definition) is 11. The van der Waals surface area contributed by atoms with Gasteiger partial charge in [0.1, 0.15) is 24.3 Å². The Morgan fingerprint density at radius 3 is 1.30 bits per heavy atom. The molecule has 6 heterocycles. The number of aryl methyl sites for hydroxylation is 2. The van der Waals surface area contributed by atoms with Crippen LogP contribution in [0.1, 0.15) is 137 Å². The van der Waals surface area contributed by atoms with E-state index in [-0.39, 0.29) is 71.9 Å². The Labute approximate surface area is 451 Å². The van der Waals surface area contributed by atoms with Crippen molar-refractivity contribution in [1.82, 2.24) is 40.4 Å². The smallest absolute Gasteiger partial charge is 0.168 e. The number of carbonyl (C=O) groups is 1. The van der Waals surface area contributed by atoms with Gasteiger partial charge in [-0.3, -0.25) is 14.6 Å². The lowest BCUT2D eigenvalue weighted by atomic mass is 9.74. The molecule has 4 saturated heterocycles. The summed E-state index contributed by atoms with van der Waals surface area (Å²) in [6.07, 6.45) is 12.0. The van der Waals surface area contributed by atoms with Gasteiger partial charge in [-0.25, -0.2) is 19.9 Å². The second kappa shape index (κ2) is 21.3. The Morgan fingerprint density at radius 1 is 0.527 bits per heavy atom. The Balaban J connectivity index is 0.00000313. The molecule has 6 aliphatic rings. The van der Waals surface area contributed by atoms with E-state index in [9.17, 15) is 0 Å². The van der Waals surface area contributed by atoms with E-state index in [1.165, 1.54) is 55.2 Å². The summed E-state index contributed by atoms with van der Waals surface area (Å²) in [7, 11) is 0. The Hall–Kier alpha value is -4.75. The van der Waals surface area contributed by atoms with Gasteiger partial charge in [0.15, 0.2) is 5.78 Å². The van der Waals surface area contributed by atoms with Crippen molar-refractivity contribution in [2.45, 2.75) is 152 Å². The SMILES string of the molecule is C[C@@H]1CCc2ncnc(N3CCN(C(C(=O)C([C@@H](c4ccc5ccccc5c4)[C@@H]4CCC(C)(C)N4)N4CCN(c5ncnc6c5[C@H](C)CC6)CC4)[C@@H](c4ccc5ccccc5c4)[C@@H]4CCC(C)(C)N4)CC3)c21.Cl.Cl. The summed E-state index contributed by atoms with van der Waals surface area (Å²) in [5, 5.41) is 13.3. The van der Waals surface area contributed by atoms with E-state index >= 15 is 4.79 Å². The monoisotopic (exact) mass is 1040 g/mol. The first-order valence-corrected chi connectivity index (χ1v) is 27.6. The van der Waals surface area contributed by atoms with E-state index in [4.69, 9.17) is 19.9 Å². The fourth-order valence-corrected chi connectivity index (χ4v) is 14.5. The van der Waals surface area contributed by atoms with Gasteiger partial charge in [0.05, 0.1) is 12.1 Å². The van der Waals surface area contributed by atoms with Crippen LogP contribution in [0.4, 0.5) is 11.6 Å². The highest BCUT2D eigenvalue weighted by Gasteiger charge is 2.51. The minimum Gasteiger partial charge on any atom is -0.354 e. The lowest BCUT2D eigenvalue weighted by Gasteiger charge is -2.49. The number of rotatable bonds is 12. The number of piperazine rings is 2. The highest BCUT2D eigenvalue weighted by molar-refractivity contribution is 5.93. The number of Topliss-reactive ketones (excluding diaryl/α,β-unsaturated/α-hetero) is 1. The average molecular weight is 1040 g/mol. The number of aromatic nitrogens is 4. The van der Waals surface area contributed by atoms with Crippen molar-refractivity contribution in [2.24, 2.45) is 0 Å². The Morgan fingerprint density at radius 2 is 0.919 bits per heavy atom. The van der Waals surface area contributed by atoms with Gasteiger partial charge in [-0.1, -0.05) is 98.8 Å². The molecule has 2 unspecified atom stereocenters. The van der Waals surface area contributed by atoms with Crippen LogP contribution in [0.5, 0.6) is 0 Å². The topological polar surface area (TPSA) is 106 Å². The van der Waals surface area contributed by atoms with E-state index in [1.54, 1.807) is 12.7 Å². The quantitative estimate of drug-likeness (QED) is 0.122. The lowest BCUT2D eigenvalue weighted by Crippen LogP contribution is -2.64. The van der Waals surface area contributed by atoms with Crippen LogP contribution in [0.15, 0.2) is 97.6 Å². The first-order valence-electron chi connectivity index (χ1n) is 27.6. The maximum atomic E-state index is 17.5. The van der Waals surface area contributed by atoms with Gasteiger partial charge in [-0.05, 0) is 124 Å². The number of nitrogens with one attached hydrogen (secondary N) is 2. The number of halogens is 2. The van der Waals surface area contributed by atoms with Crippen LogP contribution >= 0.6 is 24.8 Å². The van der Waals surface area contributed by atoms with E-state index in [0.717, 1.165) is 115 Å². The molecule has 4 aliphatic heterocycles. The summed E-state index contributed by atoms with van der Waals surface area (Å²) in [5.41, 5.74) is 7.49. The third-order valence-electron chi connectivity index (χ3n) is 18.3. The van der Waals surface area contributed by atoms with Gasteiger partial charge in [0.2, 0.25) is 0 Å². The summed E-state index contributed by atoms with van der Waals surface area (Å²) in [6, 6.07) is 31.1. The van der Waals surface area contributed by atoms with E-state index < -0.39 is 0 Å². The molecule has 4 fully saturated rings. The second-order valence-electron chi connectivity index (χ2n) is 23.9. The standard InChI is InChI=1S/C61H76N10O.2ClH/c1-39-15-21-47-51(39)58(64-37-62-47)70-31-27-68(28-32-70)55(53(49-23-25-60(3,4)66-49)45-19-17-41-11-7-9-13-43(41)35-45)57(72)56(69-29-33-71(34-30-69)59-52-40(2)16-22-48(52)63-38-65-59)54(50-24-26-61(5,6)67-50)46-20-18-42-12-8-10-14-44(42)36-46;;/h7-14,17-20,35-40,49-50,53-56,66-67H,15-16,21-34H2,1-6H3;2*1H/t39-,40-,49+,50+,53+,54+,55?,56?;;/m1../s1. The predicted molar refractivity (Wildman–Crippen MR) is 306 cm³/mol. The minimum absolute atomic E-state index is 0. The predicted octanol–water partition coefficient (Wildman–Crippen LogP) is 10.4. The summed E-state index contributed by atoms with van der Waals surface area (Å²) < 4.78 is 0. The molecule has 74 heavy (non-hydrogen) atoms. The molecule has 0 saturated carbocycles. The van der Waals surface area contributed by atoms with Crippen LogP contribution in [0.2, 0.25) is 0 Å². The molecule has 2 aromatic heterocycles. The molecule has 11 nitrogen and oxygen atoms in total. The molecule has 0 spiro atoms. The molecule has 0 amide bonds. The van der Waals surface area contributed by atoms with Crippen molar-refractivity contribution in [1.29, 1.82) is 0 Å². The fraction of sp³-hybridized carbons (Fsp3) is 0.525. The molecule has 6 aromatic rings. The zero-order chi connectivity index (χ0) is 49.3. The number of nitrogens with zero attached hydrogens (tertiary/aromatic N) is 8. The highest BCUT2D eigenvalue weighted by atomic mass is 35.5. The molecular weight excluding hydrogens is 960 g/mol. The molecule has 0 bridgehead atoms. The van der Waals surface area contributed by atoms with Crippen molar-refractivity contribution in [2.75, 3.05) is 62.2 Å². The maximum Gasteiger partial charge on any atom is 0.168 e. The molecule has 13 heteroatoms. The first kappa shape index (κ1) is 52.7. The molecule has 2 N–H and O–H groups in total. The van der Waals surface area contributed by atoms with Crippen molar-refractivity contribution in [3.8, 4) is 0 Å². The number of benzene rings is 4. The van der Waals surface area contributed by atoms with Crippen LogP contribution < -0.4 is 20.4 Å². The maximum absolute atomic E-state index is 17.5. The third kappa shape index (κ3) is 10.1. The van der Waals surface area contributed by atoms with Crippen molar-refractivity contribution < 1.29 is 4.79 Å². The van der Waals surface area contributed by atoms with Gasteiger partial charge < -0.3 is 20.4 Å². The molecule has 2 aliphatic carbocycles. The van der Waals surface area contributed by atoms with Crippen LogP contribution in [-0.4, -0.2) is 123 Å². The van der Waals surface area contributed by atoms with Crippen LogP contribution in [-0.2, 0) is 17.6 Å². The lowest BCUT2D eigenvalue weighted by molar-refractivity contribution is -0.132. The van der Waals surface area contributed by atoms with Gasteiger partial charge in [0, 0.05) is 110 Å². The molecule has 392 valence electrons. The number of anilines is 2. The van der Waals surface area contributed by atoms with Crippen LogP contribution in [0, 0.1) is 0 Å². The molecule has 8 atom stereocenters. The van der Waals surface area contributed by atoms with Crippen molar-refractivity contribution in [3.63, 3.8) is 0 Å². The zero-order valence-electron chi connectivity index (χ0n) is 44.5. The van der Waals surface area contributed by atoms with E-state index in [2.05, 4.69) is 157 Å². The normalized spacial score (nSPS) is 25.2. The zero-order valence-corrected chi connectivity index (χ0v) is 46.1. The number of carbonyl (C=O) groups excluding carboxylic acids is 1. The Kier molecular flexibility index (Phi) is 15.2. The molecule has 12 rings (SSSR count). The summed E-state index contributed by atoms with van der Waals surface area (Å²) in [5.74, 6) is 3.28. The van der Waals surface area contributed by atoms with Crippen molar-refractivity contribution in [3.05, 3.63) is 131 Å². The number of ketones is 1.